The van der Waals surface area contributed by atoms with Crippen LogP contribution in [0.2, 0.25) is 0 Å². The third-order valence-corrected chi connectivity index (χ3v) is 6.21. The molecule has 0 saturated heterocycles. The zero-order valence-corrected chi connectivity index (χ0v) is 23.6. The molecule has 0 rings (SSSR count). The van der Waals surface area contributed by atoms with Crippen molar-refractivity contribution in [2.45, 2.75) is 96.2 Å². The maximum absolute atomic E-state index is 11.6. The smallest absolute Gasteiger partial charge is 0.394 e. The van der Waals surface area contributed by atoms with Gasteiger partial charge in [-0.15, -0.1) is 0 Å². The summed E-state index contributed by atoms with van der Waals surface area (Å²) in [7, 11) is -4.39. The summed E-state index contributed by atoms with van der Waals surface area (Å²) in [4.78, 5) is 9.42. The van der Waals surface area contributed by atoms with Crippen LogP contribution in [0.3, 0.4) is 0 Å². The third kappa shape index (κ3) is 27.8. The molecule has 8 nitrogen and oxygen atoms in total. The van der Waals surface area contributed by atoms with Crippen molar-refractivity contribution in [3.8, 4) is 0 Å². The van der Waals surface area contributed by atoms with E-state index in [0.29, 0.717) is 6.61 Å². The standard InChI is InChI=1S/C28H51O8P/c1-2-3-4-5-6-7-8-9-10-11-12-13-14-15-16-17-18-19-20-21-22-34-24-28(31)26-36-37(32,33)35-25-27(30)23-29/h3-4,6-7,9-10,12-13,27-31H,2,5,8,11,14-26H2,1H3,(H,32,33)/b4-3-,7-6-,10-9-,13-12-. The molecule has 0 aliphatic carbocycles. The van der Waals surface area contributed by atoms with Crippen LogP contribution in [0.4, 0.5) is 0 Å². The highest BCUT2D eigenvalue weighted by atomic mass is 31.2. The van der Waals surface area contributed by atoms with Crippen molar-refractivity contribution in [1.82, 2.24) is 0 Å². The first-order valence-corrected chi connectivity index (χ1v) is 15.2. The van der Waals surface area contributed by atoms with E-state index in [9.17, 15) is 14.6 Å². The zero-order valence-electron chi connectivity index (χ0n) is 22.7. The lowest BCUT2D eigenvalue weighted by molar-refractivity contribution is -0.00437. The number of rotatable bonds is 26. The minimum Gasteiger partial charge on any atom is -0.394 e. The minimum absolute atomic E-state index is 0.00341. The first kappa shape index (κ1) is 35.9. The van der Waals surface area contributed by atoms with Crippen LogP contribution in [0.15, 0.2) is 48.6 Å². The SMILES string of the molecule is CC/C=C\C/C=C\C/C=C\C/C=C\CCCCCCCCCOCC(O)COP(=O)(O)OCC(O)CO. The fourth-order valence-corrected chi connectivity index (χ4v) is 3.96. The van der Waals surface area contributed by atoms with Gasteiger partial charge in [-0.1, -0.05) is 87.6 Å². The first-order valence-electron chi connectivity index (χ1n) is 13.7. The average Bonchev–Trinajstić information content (AvgIpc) is 2.89. The third-order valence-electron chi connectivity index (χ3n) is 5.26. The molecule has 0 aromatic heterocycles. The maximum Gasteiger partial charge on any atom is 0.472 e. The lowest BCUT2D eigenvalue weighted by Gasteiger charge is -2.16. The van der Waals surface area contributed by atoms with E-state index in [-0.39, 0.29) is 6.61 Å². The highest BCUT2D eigenvalue weighted by Crippen LogP contribution is 2.43. The van der Waals surface area contributed by atoms with Crippen molar-refractivity contribution < 1.29 is 38.6 Å². The van der Waals surface area contributed by atoms with Gasteiger partial charge in [-0.3, -0.25) is 9.05 Å². The molecule has 0 amide bonds. The van der Waals surface area contributed by atoms with Gasteiger partial charge in [0.1, 0.15) is 12.2 Å². The Morgan fingerprint density at radius 1 is 0.676 bits per heavy atom. The van der Waals surface area contributed by atoms with Gasteiger partial charge in [-0.2, -0.15) is 0 Å². The molecular formula is C28H51O8P. The van der Waals surface area contributed by atoms with Gasteiger partial charge in [0, 0.05) is 6.61 Å². The van der Waals surface area contributed by atoms with Gasteiger partial charge in [0.15, 0.2) is 0 Å². The fourth-order valence-electron chi connectivity index (χ4n) is 3.17. The topological polar surface area (TPSA) is 126 Å². The van der Waals surface area contributed by atoms with Gasteiger partial charge in [0.05, 0.1) is 26.4 Å². The Morgan fingerprint density at radius 2 is 1.16 bits per heavy atom. The van der Waals surface area contributed by atoms with Crippen LogP contribution in [-0.2, 0) is 18.3 Å². The van der Waals surface area contributed by atoms with Crippen molar-refractivity contribution >= 4 is 7.82 Å². The summed E-state index contributed by atoms with van der Waals surface area (Å²) in [5.74, 6) is 0. The molecule has 0 aliphatic rings. The Kier molecular flexibility index (Phi) is 25.7. The molecule has 0 aromatic carbocycles. The van der Waals surface area contributed by atoms with Crippen molar-refractivity contribution in [3.05, 3.63) is 48.6 Å². The number of hydrogen-bond donors (Lipinski definition) is 4. The summed E-state index contributed by atoms with van der Waals surface area (Å²) in [6.07, 6.45) is 28.8. The number of ether oxygens (including phenoxy) is 1. The molecule has 0 aliphatic heterocycles. The van der Waals surface area contributed by atoms with Crippen molar-refractivity contribution in [2.24, 2.45) is 0 Å². The number of allylic oxidation sites excluding steroid dienone is 8. The molecule has 3 unspecified atom stereocenters. The molecule has 4 N–H and O–H groups in total. The van der Waals surface area contributed by atoms with Crippen LogP contribution in [0.25, 0.3) is 0 Å². The van der Waals surface area contributed by atoms with E-state index in [2.05, 4.69) is 64.6 Å². The van der Waals surface area contributed by atoms with Gasteiger partial charge >= 0.3 is 7.82 Å². The predicted octanol–water partition coefficient (Wildman–Crippen LogP) is 5.78. The van der Waals surface area contributed by atoms with Crippen molar-refractivity contribution in [1.29, 1.82) is 0 Å². The number of hydrogen-bond acceptors (Lipinski definition) is 7. The number of aliphatic hydroxyl groups excluding tert-OH is 3. The number of unbranched alkanes of at least 4 members (excludes halogenated alkanes) is 7. The molecule has 37 heavy (non-hydrogen) atoms. The Bertz CT molecular complexity index is 663. The quantitative estimate of drug-likeness (QED) is 0.0611. The van der Waals surface area contributed by atoms with Crippen LogP contribution in [0.1, 0.15) is 84.0 Å². The summed E-state index contributed by atoms with van der Waals surface area (Å²) in [6.45, 7) is 1.10. The first-order chi connectivity index (χ1) is 17.9. The van der Waals surface area contributed by atoms with Crippen LogP contribution in [0.5, 0.6) is 0 Å². The van der Waals surface area contributed by atoms with Gasteiger partial charge in [0.2, 0.25) is 0 Å². The van der Waals surface area contributed by atoms with E-state index < -0.39 is 39.9 Å². The lowest BCUT2D eigenvalue weighted by Crippen LogP contribution is -2.23. The van der Waals surface area contributed by atoms with Crippen LogP contribution in [-0.4, -0.2) is 65.5 Å². The highest BCUT2D eigenvalue weighted by molar-refractivity contribution is 7.47. The minimum atomic E-state index is -4.39. The molecule has 0 fully saturated rings. The van der Waals surface area contributed by atoms with E-state index in [1.807, 2.05) is 0 Å². The van der Waals surface area contributed by atoms with E-state index >= 15 is 0 Å². The molecule has 9 heteroatoms. The summed E-state index contributed by atoms with van der Waals surface area (Å²) < 4.78 is 26.1. The van der Waals surface area contributed by atoms with Gasteiger partial charge in [-0.05, 0) is 44.9 Å². The summed E-state index contributed by atoms with van der Waals surface area (Å²) in [5.41, 5.74) is 0. The second kappa shape index (κ2) is 26.5. The van der Waals surface area contributed by atoms with E-state index in [1.54, 1.807) is 0 Å². The highest BCUT2D eigenvalue weighted by Gasteiger charge is 2.24. The number of aliphatic hydroxyl groups is 3. The fraction of sp³-hybridized carbons (Fsp3) is 0.714. The molecule has 0 heterocycles. The zero-order chi connectivity index (χ0) is 27.5. The number of phosphoric acid groups is 1. The Balaban J connectivity index is 3.46. The number of phosphoric ester groups is 1. The Morgan fingerprint density at radius 3 is 1.73 bits per heavy atom. The molecule has 0 bridgehead atoms. The second-order valence-electron chi connectivity index (χ2n) is 8.89. The molecule has 0 spiro atoms. The normalized spacial score (nSPS) is 15.9. The molecular weight excluding hydrogens is 495 g/mol. The maximum atomic E-state index is 11.6. The summed E-state index contributed by atoms with van der Waals surface area (Å²) in [5, 5.41) is 27.5. The largest absolute Gasteiger partial charge is 0.472 e. The molecule has 0 saturated carbocycles. The van der Waals surface area contributed by atoms with E-state index in [4.69, 9.17) is 14.9 Å². The second-order valence-corrected chi connectivity index (χ2v) is 10.3. The molecule has 3 atom stereocenters. The Labute approximate surface area is 224 Å². The van der Waals surface area contributed by atoms with Crippen molar-refractivity contribution in [3.63, 3.8) is 0 Å². The predicted molar refractivity (Wildman–Crippen MR) is 149 cm³/mol. The van der Waals surface area contributed by atoms with E-state index in [0.717, 1.165) is 51.4 Å². The Hall–Kier alpha value is -1.09. The molecule has 0 aromatic rings. The van der Waals surface area contributed by atoms with Crippen LogP contribution < -0.4 is 0 Å². The van der Waals surface area contributed by atoms with Gasteiger partial charge in [-0.25, -0.2) is 4.57 Å². The lowest BCUT2D eigenvalue weighted by atomic mass is 10.1. The van der Waals surface area contributed by atoms with Gasteiger partial charge in [0.25, 0.3) is 0 Å². The van der Waals surface area contributed by atoms with Gasteiger partial charge < -0.3 is 24.9 Å². The monoisotopic (exact) mass is 546 g/mol. The average molecular weight is 547 g/mol. The van der Waals surface area contributed by atoms with Crippen LogP contribution >= 0.6 is 7.82 Å². The molecule has 0 radical (unpaired) electrons. The summed E-state index contributed by atoms with van der Waals surface area (Å²) >= 11 is 0. The molecule has 216 valence electrons. The van der Waals surface area contributed by atoms with E-state index in [1.165, 1.54) is 25.7 Å². The van der Waals surface area contributed by atoms with Crippen molar-refractivity contribution in [2.75, 3.05) is 33.0 Å². The van der Waals surface area contributed by atoms with Crippen LogP contribution in [0, 0.1) is 0 Å². The summed E-state index contributed by atoms with van der Waals surface area (Å²) in [6, 6.07) is 0.